The summed E-state index contributed by atoms with van der Waals surface area (Å²) >= 11 is 0. The largest absolute Gasteiger partial charge is 0.369 e. The Bertz CT molecular complexity index is 337. The molecule has 3 nitrogen and oxygen atoms in total. The summed E-state index contributed by atoms with van der Waals surface area (Å²) in [6, 6.07) is 1.31. The van der Waals surface area contributed by atoms with E-state index in [1.165, 1.54) is 32.1 Å². The molecule has 0 aliphatic heterocycles. The highest BCUT2D eigenvalue weighted by Crippen LogP contribution is 2.40. The molecule has 2 aliphatic carbocycles. The van der Waals surface area contributed by atoms with Crippen molar-refractivity contribution in [2.75, 3.05) is 0 Å². The van der Waals surface area contributed by atoms with Crippen LogP contribution in [0.5, 0.6) is 0 Å². The Morgan fingerprint density at radius 1 is 1.00 bits per heavy atom. The molecular formula is C18H34N2O. The monoisotopic (exact) mass is 294 g/mol. The minimum Gasteiger partial charge on any atom is -0.369 e. The molecule has 0 unspecified atom stereocenters. The minimum atomic E-state index is -0.101. The normalized spacial score (nSPS) is 34.6. The summed E-state index contributed by atoms with van der Waals surface area (Å²) in [6.07, 6.45) is 10.9. The smallest absolute Gasteiger partial charge is 0.220 e. The second-order valence-corrected chi connectivity index (χ2v) is 8.01. The number of nitrogens with one attached hydrogen (secondary N) is 1. The molecule has 0 saturated heterocycles. The SMILES string of the molecule is CCC(C)(C)C1CCC(NC2CCC(C(N)=O)CC2)CC1. The fraction of sp³-hybridized carbons (Fsp3) is 0.944. The number of carbonyl (C=O) groups is 1. The van der Waals surface area contributed by atoms with E-state index < -0.39 is 0 Å². The predicted octanol–water partition coefficient (Wildman–Crippen LogP) is 3.62. The van der Waals surface area contributed by atoms with Crippen molar-refractivity contribution in [2.45, 2.75) is 90.6 Å². The van der Waals surface area contributed by atoms with E-state index in [0.717, 1.165) is 31.6 Å². The van der Waals surface area contributed by atoms with Crippen molar-refractivity contribution in [2.24, 2.45) is 23.0 Å². The van der Waals surface area contributed by atoms with E-state index in [-0.39, 0.29) is 11.8 Å². The predicted molar refractivity (Wildman–Crippen MR) is 87.9 cm³/mol. The number of primary amides is 1. The van der Waals surface area contributed by atoms with Gasteiger partial charge in [0.05, 0.1) is 0 Å². The summed E-state index contributed by atoms with van der Waals surface area (Å²) in [5, 5.41) is 3.86. The van der Waals surface area contributed by atoms with Crippen molar-refractivity contribution in [3.8, 4) is 0 Å². The molecule has 122 valence electrons. The summed E-state index contributed by atoms with van der Waals surface area (Å²) in [5.74, 6) is 0.922. The second kappa shape index (κ2) is 7.13. The lowest BCUT2D eigenvalue weighted by Gasteiger charge is -2.40. The lowest BCUT2D eigenvalue weighted by Crippen LogP contribution is -2.44. The number of amides is 1. The number of hydrogen-bond donors (Lipinski definition) is 2. The molecule has 2 aliphatic rings. The third-order valence-electron chi connectivity index (χ3n) is 6.34. The van der Waals surface area contributed by atoms with Crippen LogP contribution in [0.3, 0.4) is 0 Å². The zero-order valence-corrected chi connectivity index (χ0v) is 14.2. The van der Waals surface area contributed by atoms with Gasteiger partial charge in [-0.3, -0.25) is 4.79 Å². The van der Waals surface area contributed by atoms with Crippen LogP contribution in [0, 0.1) is 17.3 Å². The number of nitrogens with two attached hydrogens (primary N) is 1. The van der Waals surface area contributed by atoms with Crippen LogP contribution in [0.15, 0.2) is 0 Å². The fourth-order valence-electron chi connectivity index (χ4n) is 4.21. The van der Waals surface area contributed by atoms with Crippen LogP contribution in [0.2, 0.25) is 0 Å². The molecular weight excluding hydrogens is 260 g/mol. The quantitative estimate of drug-likeness (QED) is 0.813. The lowest BCUT2D eigenvalue weighted by atomic mass is 9.69. The van der Waals surface area contributed by atoms with Crippen molar-refractivity contribution in [3.05, 3.63) is 0 Å². The first-order chi connectivity index (χ1) is 9.92. The van der Waals surface area contributed by atoms with Gasteiger partial charge in [0.15, 0.2) is 0 Å². The summed E-state index contributed by atoms with van der Waals surface area (Å²) in [5.41, 5.74) is 5.91. The number of rotatable bonds is 5. The maximum Gasteiger partial charge on any atom is 0.220 e. The third kappa shape index (κ3) is 4.45. The van der Waals surface area contributed by atoms with Gasteiger partial charge in [-0.1, -0.05) is 27.2 Å². The molecule has 0 spiro atoms. The van der Waals surface area contributed by atoms with E-state index in [2.05, 4.69) is 26.1 Å². The van der Waals surface area contributed by atoms with Gasteiger partial charge in [-0.15, -0.1) is 0 Å². The molecule has 3 heteroatoms. The van der Waals surface area contributed by atoms with Crippen LogP contribution in [0.25, 0.3) is 0 Å². The van der Waals surface area contributed by atoms with Crippen molar-refractivity contribution >= 4 is 5.91 Å². The van der Waals surface area contributed by atoms with E-state index in [0.29, 0.717) is 17.5 Å². The van der Waals surface area contributed by atoms with Crippen molar-refractivity contribution < 1.29 is 4.79 Å². The maximum absolute atomic E-state index is 11.2. The molecule has 2 saturated carbocycles. The molecule has 0 aromatic rings. The Morgan fingerprint density at radius 3 is 1.90 bits per heavy atom. The van der Waals surface area contributed by atoms with Crippen LogP contribution >= 0.6 is 0 Å². The standard InChI is InChI=1S/C18H34N2O/c1-4-18(2,3)14-7-11-16(12-8-14)20-15-9-5-13(6-10-15)17(19)21/h13-16,20H,4-12H2,1-3H3,(H2,19,21). The van der Waals surface area contributed by atoms with E-state index >= 15 is 0 Å². The zero-order chi connectivity index (χ0) is 15.5. The summed E-state index contributed by atoms with van der Waals surface area (Å²) in [6.45, 7) is 7.18. The molecule has 21 heavy (non-hydrogen) atoms. The first kappa shape index (κ1) is 16.8. The van der Waals surface area contributed by atoms with Crippen molar-refractivity contribution in [3.63, 3.8) is 0 Å². The van der Waals surface area contributed by atoms with Crippen LogP contribution < -0.4 is 11.1 Å². The Balaban J connectivity index is 1.71. The molecule has 0 aromatic heterocycles. The van der Waals surface area contributed by atoms with E-state index in [4.69, 9.17) is 5.73 Å². The van der Waals surface area contributed by atoms with Crippen molar-refractivity contribution in [1.82, 2.24) is 5.32 Å². The van der Waals surface area contributed by atoms with Crippen LogP contribution in [0.1, 0.15) is 78.6 Å². The van der Waals surface area contributed by atoms with E-state index in [9.17, 15) is 4.79 Å². The highest BCUT2D eigenvalue weighted by Gasteiger charge is 2.33. The minimum absolute atomic E-state index is 0.101. The Hall–Kier alpha value is -0.570. The molecule has 0 bridgehead atoms. The highest BCUT2D eigenvalue weighted by molar-refractivity contribution is 5.76. The Morgan fingerprint density at radius 2 is 1.48 bits per heavy atom. The molecule has 2 rings (SSSR count). The number of carbonyl (C=O) groups excluding carboxylic acids is 1. The van der Waals surface area contributed by atoms with Gasteiger partial charge in [-0.2, -0.15) is 0 Å². The maximum atomic E-state index is 11.2. The van der Waals surface area contributed by atoms with Gasteiger partial charge < -0.3 is 11.1 Å². The average Bonchev–Trinajstić information content (AvgIpc) is 2.48. The van der Waals surface area contributed by atoms with Crippen LogP contribution in [-0.4, -0.2) is 18.0 Å². The van der Waals surface area contributed by atoms with Gasteiger partial charge in [0.1, 0.15) is 0 Å². The van der Waals surface area contributed by atoms with Gasteiger partial charge in [0.25, 0.3) is 0 Å². The van der Waals surface area contributed by atoms with Crippen LogP contribution in [-0.2, 0) is 4.79 Å². The van der Waals surface area contributed by atoms with Gasteiger partial charge in [-0.05, 0) is 62.7 Å². The molecule has 0 aromatic carbocycles. The molecule has 3 N–H and O–H groups in total. The van der Waals surface area contributed by atoms with E-state index in [1.54, 1.807) is 0 Å². The molecule has 0 atom stereocenters. The third-order valence-corrected chi connectivity index (χ3v) is 6.34. The molecule has 0 radical (unpaired) electrons. The van der Waals surface area contributed by atoms with Crippen molar-refractivity contribution in [1.29, 1.82) is 0 Å². The molecule has 0 heterocycles. The van der Waals surface area contributed by atoms with Gasteiger partial charge in [-0.25, -0.2) is 0 Å². The number of hydrogen-bond acceptors (Lipinski definition) is 2. The van der Waals surface area contributed by atoms with Crippen LogP contribution in [0.4, 0.5) is 0 Å². The summed E-state index contributed by atoms with van der Waals surface area (Å²) < 4.78 is 0. The van der Waals surface area contributed by atoms with Gasteiger partial charge in [0, 0.05) is 18.0 Å². The van der Waals surface area contributed by atoms with E-state index in [1.807, 2.05) is 0 Å². The average molecular weight is 294 g/mol. The Kier molecular flexibility index (Phi) is 5.70. The molecule has 2 fully saturated rings. The topological polar surface area (TPSA) is 55.1 Å². The first-order valence-corrected chi connectivity index (χ1v) is 8.97. The second-order valence-electron chi connectivity index (χ2n) is 8.01. The zero-order valence-electron chi connectivity index (χ0n) is 14.2. The van der Waals surface area contributed by atoms with Gasteiger partial charge >= 0.3 is 0 Å². The molecule has 1 amide bonds. The lowest BCUT2D eigenvalue weighted by molar-refractivity contribution is -0.122. The summed E-state index contributed by atoms with van der Waals surface area (Å²) in [4.78, 5) is 11.2. The fourth-order valence-corrected chi connectivity index (χ4v) is 4.21. The van der Waals surface area contributed by atoms with Gasteiger partial charge in [0.2, 0.25) is 5.91 Å². The highest BCUT2D eigenvalue weighted by atomic mass is 16.1. The Labute approximate surface area is 130 Å². The first-order valence-electron chi connectivity index (χ1n) is 8.97. The summed E-state index contributed by atoms with van der Waals surface area (Å²) in [7, 11) is 0.